The molecule has 0 radical (unpaired) electrons. The van der Waals surface area contributed by atoms with Crippen LogP contribution in [0.5, 0.6) is 0 Å². The van der Waals surface area contributed by atoms with Crippen LogP contribution in [0.15, 0.2) is 18.2 Å². The molecule has 1 aromatic rings. The molecule has 0 saturated carbocycles. The molecule has 0 atom stereocenters. The normalized spacial score (nSPS) is 16.5. The molecule has 0 bridgehead atoms. The molecule has 5 heteroatoms. The standard InChI is InChI=1S/C14H22FN3O/c15-13-11-12(3-4-14(13)16)17-5-1-2-6-18-7-9-19-10-8-18/h3-4,11,17H,1-2,5-10,16H2. The minimum Gasteiger partial charge on any atom is -0.396 e. The Balaban J connectivity index is 1.59. The number of nitrogen functional groups attached to an aromatic ring is 1. The highest BCUT2D eigenvalue weighted by Gasteiger charge is 2.08. The number of rotatable bonds is 6. The first-order chi connectivity index (χ1) is 9.25. The number of nitrogens with one attached hydrogen (secondary N) is 1. The van der Waals surface area contributed by atoms with Crippen molar-refractivity contribution in [2.45, 2.75) is 12.8 Å². The Labute approximate surface area is 113 Å². The van der Waals surface area contributed by atoms with E-state index in [1.807, 2.05) is 0 Å². The molecule has 106 valence electrons. The topological polar surface area (TPSA) is 50.5 Å². The summed E-state index contributed by atoms with van der Waals surface area (Å²) in [6.07, 6.45) is 2.22. The van der Waals surface area contributed by atoms with Crippen molar-refractivity contribution in [3.05, 3.63) is 24.0 Å². The average molecular weight is 267 g/mol. The van der Waals surface area contributed by atoms with Gasteiger partial charge in [0.05, 0.1) is 18.9 Å². The zero-order valence-corrected chi connectivity index (χ0v) is 11.2. The third-order valence-electron chi connectivity index (χ3n) is 3.33. The van der Waals surface area contributed by atoms with E-state index in [-0.39, 0.29) is 11.5 Å². The van der Waals surface area contributed by atoms with E-state index in [4.69, 9.17) is 10.5 Å². The van der Waals surface area contributed by atoms with Gasteiger partial charge in [0, 0.05) is 25.3 Å². The monoisotopic (exact) mass is 267 g/mol. The molecule has 19 heavy (non-hydrogen) atoms. The number of halogens is 1. The first-order valence-electron chi connectivity index (χ1n) is 6.85. The van der Waals surface area contributed by atoms with Crippen molar-refractivity contribution in [3.63, 3.8) is 0 Å². The molecule has 1 aromatic carbocycles. The number of hydrogen-bond donors (Lipinski definition) is 2. The van der Waals surface area contributed by atoms with Crippen LogP contribution in [0.25, 0.3) is 0 Å². The predicted molar refractivity (Wildman–Crippen MR) is 75.8 cm³/mol. The maximum absolute atomic E-state index is 13.2. The molecule has 1 saturated heterocycles. The molecule has 1 aliphatic rings. The van der Waals surface area contributed by atoms with E-state index in [1.165, 1.54) is 6.07 Å². The van der Waals surface area contributed by atoms with Gasteiger partial charge in [0.2, 0.25) is 0 Å². The molecule has 0 spiro atoms. The summed E-state index contributed by atoms with van der Waals surface area (Å²) in [7, 11) is 0. The van der Waals surface area contributed by atoms with Gasteiger partial charge in [-0.25, -0.2) is 4.39 Å². The van der Waals surface area contributed by atoms with Gasteiger partial charge in [-0.2, -0.15) is 0 Å². The van der Waals surface area contributed by atoms with Crippen LogP contribution >= 0.6 is 0 Å². The maximum Gasteiger partial charge on any atom is 0.148 e. The molecule has 1 fully saturated rings. The third kappa shape index (κ3) is 4.69. The van der Waals surface area contributed by atoms with Gasteiger partial charge >= 0.3 is 0 Å². The van der Waals surface area contributed by atoms with Crippen LogP contribution < -0.4 is 11.1 Å². The second-order valence-electron chi connectivity index (χ2n) is 4.82. The fourth-order valence-electron chi connectivity index (χ4n) is 2.16. The van der Waals surface area contributed by atoms with Crippen molar-refractivity contribution in [2.24, 2.45) is 0 Å². The van der Waals surface area contributed by atoms with Gasteiger partial charge in [0.1, 0.15) is 5.82 Å². The van der Waals surface area contributed by atoms with Crippen molar-refractivity contribution in [1.29, 1.82) is 0 Å². The Morgan fingerprint density at radius 1 is 1.26 bits per heavy atom. The van der Waals surface area contributed by atoms with Crippen LogP contribution in [0.1, 0.15) is 12.8 Å². The second kappa shape index (κ2) is 7.31. The molecule has 1 aliphatic heterocycles. The van der Waals surface area contributed by atoms with Crippen molar-refractivity contribution >= 4 is 11.4 Å². The minimum atomic E-state index is -0.363. The summed E-state index contributed by atoms with van der Waals surface area (Å²) >= 11 is 0. The van der Waals surface area contributed by atoms with Crippen LogP contribution in [-0.2, 0) is 4.74 Å². The number of nitrogens with zero attached hydrogens (tertiary/aromatic N) is 1. The van der Waals surface area contributed by atoms with Crippen LogP contribution in [0.4, 0.5) is 15.8 Å². The van der Waals surface area contributed by atoms with E-state index < -0.39 is 0 Å². The molecule has 0 unspecified atom stereocenters. The lowest BCUT2D eigenvalue weighted by atomic mass is 10.2. The molecular weight excluding hydrogens is 245 g/mol. The Morgan fingerprint density at radius 2 is 2.05 bits per heavy atom. The first kappa shape index (κ1) is 14.1. The quantitative estimate of drug-likeness (QED) is 0.611. The summed E-state index contributed by atoms with van der Waals surface area (Å²) in [6.45, 7) is 5.74. The highest BCUT2D eigenvalue weighted by molar-refractivity contribution is 5.52. The molecule has 4 nitrogen and oxygen atoms in total. The molecular formula is C14H22FN3O. The molecule has 2 rings (SSSR count). The fraction of sp³-hybridized carbons (Fsp3) is 0.571. The smallest absolute Gasteiger partial charge is 0.148 e. The second-order valence-corrected chi connectivity index (χ2v) is 4.82. The van der Waals surface area contributed by atoms with Crippen LogP contribution in [0, 0.1) is 5.82 Å². The minimum absolute atomic E-state index is 0.192. The van der Waals surface area contributed by atoms with E-state index in [2.05, 4.69) is 10.2 Å². The number of morpholine rings is 1. The maximum atomic E-state index is 13.2. The van der Waals surface area contributed by atoms with Gasteiger partial charge in [0.25, 0.3) is 0 Å². The molecule has 0 amide bonds. The summed E-state index contributed by atoms with van der Waals surface area (Å²) in [6, 6.07) is 4.84. The summed E-state index contributed by atoms with van der Waals surface area (Å²) in [5.41, 5.74) is 6.41. The van der Waals surface area contributed by atoms with Crippen molar-refractivity contribution in [3.8, 4) is 0 Å². The number of benzene rings is 1. The van der Waals surface area contributed by atoms with Gasteiger partial charge in [-0.05, 0) is 37.6 Å². The number of nitrogens with two attached hydrogens (primary N) is 1. The summed E-state index contributed by atoms with van der Waals surface area (Å²) in [4.78, 5) is 2.42. The Hall–Kier alpha value is -1.33. The highest BCUT2D eigenvalue weighted by atomic mass is 19.1. The number of unbranched alkanes of at least 4 members (excludes halogenated alkanes) is 1. The number of hydrogen-bond acceptors (Lipinski definition) is 4. The number of anilines is 2. The zero-order valence-electron chi connectivity index (χ0n) is 11.2. The Bertz CT molecular complexity index is 394. The van der Waals surface area contributed by atoms with Crippen LogP contribution in [0.2, 0.25) is 0 Å². The van der Waals surface area contributed by atoms with Crippen molar-refractivity contribution in [2.75, 3.05) is 50.4 Å². The zero-order chi connectivity index (χ0) is 13.5. The molecule has 0 aromatic heterocycles. The van der Waals surface area contributed by atoms with Crippen LogP contribution in [0.3, 0.4) is 0 Å². The third-order valence-corrected chi connectivity index (χ3v) is 3.33. The largest absolute Gasteiger partial charge is 0.396 e. The van der Waals surface area contributed by atoms with Gasteiger partial charge in [0.15, 0.2) is 0 Å². The Kier molecular flexibility index (Phi) is 5.42. The summed E-state index contributed by atoms with van der Waals surface area (Å²) in [5.74, 6) is -0.363. The molecule has 3 N–H and O–H groups in total. The lowest BCUT2D eigenvalue weighted by molar-refractivity contribution is 0.0373. The lowest BCUT2D eigenvalue weighted by Crippen LogP contribution is -2.36. The summed E-state index contributed by atoms with van der Waals surface area (Å²) in [5, 5.41) is 3.21. The lowest BCUT2D eigenvalue weighted by Gasteiger charge is -2.26. The first-order valence-corrected chi connectivity index (χ1v) is 6.85. The highest BCUT2D eigenvalue weighted by Crippen LogP contribution is 2.15. The fourth-order valence-corrected chi connectivity index (χ4v) is 2.16. The summed E-state index contributed by atoms with van der Waals surface area (Å²) < 4.78 is 18.5. The van der Waals surface area contributed by atoms with Crippen LogP contribution in [-0.4, -0.2) is 44.3 Å². The SMILES string of the molecule is Nc1ccc(NCCCCN2CCOCC2)cc1F. The molecule has 1 heterocycles. The Morgan fingerprint density at radius 3 is 2.79 bits per heavy atom. The van der Waals surface area contributed by atoms with Gasteiger partial charge < -0.3 is 15.8 Å². The molecule has 0 aliphatic carbocycles. The van der Waals surface area contributed by atoms with Crippen molar-refractivity contribution < 1.29 is 9.13 Å². The number of ether oxygens (including phenoxy) is 1. The van der Waals surface area contributed by atoms with E-state index in [9.17, 15) is 4.39 Å². The van der Waals surface area contributed by atoms with E-state index in [0.29, 0.717) is 0 Å². The van der Waals surface area contributed by atoms with E-state index in [0.717, 1.165) is 57.9 Å². The van der Waals surface area contributed by atoms with Gasteiger partial charge in [-0.3, -0.25) is 4.90 Å². The van der Waals surface area contributed by atoms with E-state index in [1.54, 1.807) is 12.1 Å². The van der Waals surface area contributed by atoms with Gasteiger partial charge in [-0.1, -0.05) is 0 Å². The van der Waals surface area contributed by atoms with Gasteiger partial charge in [-0.15, -0.1) is 0 Å². The predicted octanol–water partition coefficient (Wildman–Crippen LogP) is 1.93. The average Bonchev–Trinajstić information content (AvgIpc) is 2.43. The van der Waals surface area contributed by atoms with E-state index >= 15 is 0 Å². The van der Waals surface area contributed by atoms with Crippen molar-refractivity contribution in [1.82, 2.24) is 4.90 Å².